The van der Waals surface area contributed by atoms with Gasteiger partial charge in [-0.15, -0.1) is 0 Å². The molecule has 1 aromatic rings. The van der Waals surface area contributed by atoms with Crippen molar-refractivity contribution >= 4 is 0 Å². The van der Waals surface area contributed by atoms with E-state index in [0.29, 0.717) is 0 Å². The average Bonchev–Trinajstić information content (AvgIpc) is 2.27. The normalized spacial score (nSPS) is 14.4. The van der Waals surface area contributed by atoms with Crippen molar-refractivity contribution in [2.45, 2.75) is 33.1 Å². The Hall–Kier alpha value is -1.29. The van der Waals surface area contributed by atoms with Crippen LogP contribution in [0.1, 0.15) is 32.3 Å². The topological polar surface area (TPSA) is 23.8 Å². The summed E-state index contributed by atoms with van der Waals surface area (Å²) < 4.78 is 0. The fourth-order valence-corrected chi connectivity index (χ4v) is 1.38. The molecule has 0 amide bonds. The van der Waals surface area contributed by atoms with Crippen LogP contribution in [0.5, 0.6) is 0 Å². The second-order valence-electron chi connectivity index (χ2n) is 4.01. The first kappa shape index (κ1) is 10.8. The molecule has 0 radical (unpaired) electrons. The van der Waals surface area contributed by atoms with Crippen LogP contribution in [0.15, 0.2) is 30.3 Å². The van der Waals surface area contributed by atoms with Gasteiger partial charge < -0.3 is 0 Å². The number of nitriles is 1. The molecule has 1 aromatic carbocycles. The number of rotatable bonds is 4. The fourth-order valence-electron chi connectivity index (χ4n) is 1.38. The van der Waals surface area contributed by atoms with Crippen molar-refractivity contribution in [1.82, 2.24) is 0 Å². The highest BCUT2D eigenvalue weighted by molar-refractivity contribution is 5.15. The van der Waals surface area contributed by atoms with E-state index in [1.54, 1.807) is 0 Å². The highest BCUT2D eigenvalue weighted by atomic mass is 14.3. The highest BCUT2D eigenvalue weighted by Crippen LogP contribution is 2.26. The molecule has 0 bridgehead atoms. The lowest BCUT2D eigenvalue weighted by molar-refractivity contribution is 0.391. The zero-order valence-electron chi connectivity index (χ0n) is 8.96. The van der Waals surface area contributed by atoms with Crippen LogP contribution in [0.3, 0.4) is 0 Å². The number of nitrogens with zero attached hydrogens (tertiary/aromatic N) is 1. The molecule has 14 heavy (non-hydrogen) atoms. The fraction of sp³-hybridized carbons (Fsp3) is 0.462. The van der Waals surface area contributed by atoms with Crippen LogP contribution in [0.25, 0.3) is 0 Å². The summed E-state index contributed by atoms with van der Waals surface area (Å²) in [7, 11) is 0. The molecule has 0 saturated heterocycles. The smallest absolute Gasteiger partial charge is 0.0686 e. The van der Waals surface area contributed by atoms with Gasteiger partial charge in [-0.25, -0.2) is 0 Å². The van der Waals surface area contributed by atoms with Crippen LogP contribution in [-0.4, -0.2) is 0 Å². The number of hydrogen-bond donors (Lipinski definition) is 0. The molecular weight excluding hydrogens is 170 g/mol. The Morgan fingerprint density at radius 2 is 1.93 bits per heavy atom. The molecule has 1 heteroatoms. The number of aryl methyl sites for hydroxylation is 1. The van der Waals surface area contributed by atoms with Crippen molar-refractivity contribution in [3.05, 3.63) is 35.9 Å². The third kappa shape index (κ3) is 2.88. The Bertz CT molecular complexity index is 310. The second kappa shape index (κ2) is 4.81. The predicted octanol–water partition coefficient (Wildman–Crippen LogP) is 3.56. The maximum atomic E-state index is 9.01. The Labute approximate surface area is 86.4 Å². The van der Waals surface area contributed by atoms with Crippen LogP contribution in [0.2, 0.25) is 0 Å². The number of hydrogen-bond acceptors (Lipinski definition) is 1. The molecule has 0 aliphatic heterocycles. The van der Waals surface area contributed by atoms with Crippen molar-refractivity contribution in [2.24, 2.45) is 5.41 Å². The molecule has 1 nitrogen and oxygen atoms in total. The van der Waals surface area contributed by atoms with Gasteiger partial charge in [0.2, 0.25) is 0 Å². The second-order valence-corrected chi connectivity index (χ2v) is 4.01. The summed E-state index contributed by atoms with van der Waals surface area (Å²) in [6.07, 6.45) is 2.87. The largest absolute Gasteiger partial charge is 0.198 e. The van der Waals surface area contributed by atoms with Crippen molar-refractivity contribution in [3.8, 4) is 6.07 Å². The average molecular weight is 187 g/mol. The van der Waals surface area contributed by atoms with E-state index < -0.39 is 0 Å². The van der Waals surface area contributed by atoms with Crippen molar-refractivity contribution < 1.29 is 0 Å². The van der Waals surface area contributed by atoms with Gasteiger partial charge in [0, 0.05) is 0 Å². The van der Waals surface area contributed by atoms with E-state index in [1.807, 2.05) is 25.1 Å². The van der Waals surface area contributed by atoms with Crippen LogP contribution in [-0.2, 0) is 6.42 Å². The summed E-state index contributed by atoms with van der Waals surface area (Å²) >= 11 is 0. The first-order chi connectivity index (χ1) is 6.70. The van der Waals surface area contributed by atoms with Gasteiger partial charge in [0.1, 0.15) is 0 Å². The monoisotopic (exact) mass is 187 g/mol. The van der Waals surface area contributed by atoms with E-state index in [2.05, 4.69) is 25.1 Å². The zero-order valence-corrected chi connectivity index (χ0v) is 8.96. The quantitative estimate of drug-likeness (QED) is 0.707. The van der Waals surface area contributed by atoms with E-state index in [1.165, 1.54) is 5.56 Å². The molecule has 0 saturated carbocycles. The summed E-state index contributed by atoms with van der Waals surface area (Å²) in [6.45, 7) is 4.12. The molecule has 74 valence electrons. The highest BCUT2D eigenvalue weighted by Gasteiger charge is 2.20. The van der Waals surface area contributed by atoms with Gasteiger partial charge in [-0.1, -0.05) is 37.3 Å². The minimum atomic E-state index is -0.157. The van der Waals surface area contributed by atoms with Gasteiger partial charge >= 0.3 is 0 Å². The maximum Gasteiger partial charge on any atom is 0.0686 e. The third-order valence-electron chi connectivity index (χ3n) is 2.86. The molecule has 0 aromatic heterocycles. The molecular formula is C13H17N. The summed E-state index contributed by atoms with van der Waals surface area (Å²) in [5.41, 5.74) is 1.16. The molecule has 0 N–H and O–H groups in total. The molecule has 0 spiro atoms. The van der Waals surface area contributed by atoms with E-state index >= 15 is 0 Å². The van der Waals surface area contributed by atoms with E-state index in [-0.39, 0.29) is 5.41 Å². The lowest BCUT2D eigenvalue weighted by Gasteiger charge is -2.18. The molecule has 0 heterocycles. The van der Waals surface area contributed by atoms with Gasteiger partial charge in [0.05, 0.1) is 11.5 Å². The van der Waals surface area contributed by atoms with Crippen LogP contribution >= 0.6 is 0 Å². The van der Waals surface area contributed by atoms with Gasteiger partial charge in [0.25, 0.3) is 0 Å². The Kier molecular flexibility index (Phi) is 3.71. The third-order valence-corrected chi connectivity index (χ3v) is 2.86. The van der Waals surface area contributed by atoms with Gasteiger partial charge in [-0.3, -0.25) is 0 Å². The molecule has 1 rings (SSSR count). The van der Waals surface area contributed by atoms with E-state index in [9.17, 15) is 0 Å². The maximum absolute atomic E-state index is 9.01. The lowest BCUT2D eigenvalue weighted by Crippen LogP contribution is -2.13. The van der Waals surface area contributed by atoms with Crippen molar-refractivity contribution in [1.29, 1.82) is 5.26 Å². The first-order valence-electron chi connectivity index (χ1n) is 5.15. The molecule has 0 fully saturated rings. The van der Waals surface area contributed by atoms with Crippen LogP contribution in [0.4, 0.5) is 0 Å². The lowest BCUT2D eigenvalue weighted by atomic mass is 9.83. The summed E-state index contributed by atoms with van der Waals surface area (Å²) in [5, 5.41) is 9.01. The molecule has 1 atom stereocenters. The molecule has 0 aliphatic rings. The Morgan fingerprint density at radius 3 is 2.43 bits per heavy atom. The summed E-state index contributed by atoms with van der Waals surface area (Å²) in [5.74, 6) is 0. The Balaban J connectivity index is 2.53. The van der Waals surface area contributed by atoms with Gasteiger partial charge in [0.15, 0.2) is 0 Å². The Morgan fingerprint density at radius 1 is 1.29 bits per heavy atom. The van der Waals surface area contributed by atoms with Crippen molar-refractivity contribution in [3.63, 3.8) is 0 Å². The SMILES string of the molecule is CC[C@@](C)(C#N)CCc1ccccc1. The summed E-state index contributed by atoms with van der Waals surface area (Å²) in [4.78, 5) is 0. The van der Waals surface area contributed by atoms with Crippen molar-refractivity contribution in [2.75, 3.05) is 0 Å². The zero-order chi connectivity index (χ0) is 10.4. The standard InChI is InChI=1S/C13H17N/c1-3-13(2,11-14)10-9-12-7-5-4-6-8-12/h4-8H,3,9-10H2,1-2H3/t13-/m1/s1. The number of benzene rings is 1. The first-order valence-corrected chi connectivity index (χ1v) is 5.15. The predicted molar refractivity (Wildman–Crippen MR) is 58.8 cm³/mol. The van der Waals surface area contributed by atoms with Gasteiger partial charge in [-0.2, -0.15) is 5.26 Å². The summed E-state index contributed by atoms with van der Waals surface area (Å²) in [6, 6.07) is 12.7. The van der Waals surface area contributed by atoms with Crippen LogP contribution < -0.4 is 0 Å². The minimum Gasteiger partial charge on any atom is -0.198 e. The van der Waals surface area contributed by atoms with Crippen LogP contribution in [0, 0.1) is 16.7 Å². The molecule has 0 aliphatic carbocycles. The minimum absolute atomic E-state index is 0.157. The van der Waals surface area contributed by atoms with Gasteiger partial charge in [-0.05, 0) is 31.7 Å². The van der Waals surface area contributed by atoms with E-state index in [0.717, 1.165) is 19.3 Å². The van der Waals surface area contributed by atoms with E-state index in [4.69, 9.17) is 5.26 Å². The molecule has 0 unspecified atom stereocenters.